The summed E-state index contributed by atoms with van der Waals surface area (Å²) >= 11 is 0. The van der Waals surface area contributed by atoms with E-state index in [-0.39, 0.29) is 11.0 Å². The SMILES string of the molecule is CCCC(CC)(c1ccc2c(c1)C(C)(C)c1cc(C(CC)CC)ccc1-2)N(c1ccc(/C=C/c2ccccc2)cc1)c1ccc(/C=C/c2ccccc2)cc1. The van der Waals surface area contributed by atoms with Gasteiger partial charge in [0.2, 0.25) is 0 Å². The number of rotatable bonds is 14. The van der Waals surface area contributed by atoms with Crippen molar-refractivity contribution < 1.29 is 0 Å². The van der Waals surface area contributed by atoms with Crippen LogP contribution in [0.25, 0.3) is 35.4 Å². The van der Waals surface area contributed by atoms with Crippen LogP contribution in [-0.2, 0) is 11.0 Å². The first-order chi connectivity index (χ1) is 26.8. The second kappa shape index (κ2) is 16.5. The highest BCUT2D eigenvalue weighted by Gasteiger charge is 2.41. The summed E-state index contributed by atoms with van der Waals surface area (Å²) < 4.78 is 0. The first-order valence-electron chi connectivity index (χ1n) is 20.6. The van der Waals surface area contributed by atoms with Gasteiger partial charge in [0.1, 0.15) is 0 Å². The second-order valence-corrected chi connectivity index (χ2v) is 15.8. The van der Waals surface area contributed by atoms with E-state index in [1.807, 2.05) is 0 Å². The van der Waals surface area contributed by atoms with E-state index in [1.54, 1.807) is 0 Å². The minimum Gasteiger partial charge on any atom is -0.331 e. The highest BCUT2D eigenvalue weighted by Crippen LogP contribution is 2.53. The fourth-order valence-electron chi connectivity index (χ4n) is 9.02. The first-order valence-corrected chi connectivity index (χ1v) is 20.6. The molecule has 55 heavy (non-hydrogen) atoms. The molecule has 6 aromatic carbocycles. The van der Waals surface area contributed by atoms with Crippen molar-refractivity contribution in [3.63, 3.8) is 0 Å². The van der Waals surface area contributed by atoms with Crippen LogP contribution < -0.4 is 4.90 Å². The van der Waals surface area contributed by atoms with Crippen LogP contribution >= 0.6 is 0 Å². The van der Waals surface area contributed by atoms with Crippen LogP contribution in [0.1, 0.15) is 124 Å². The maximum absolute atomic E-state index is 2.65. The van der Waals surface area contributed by atoms with Gasteiger partial charge in [-0.15, -0.1) is 0 Å². The molecule has 1 unspecified atom stereocenters. The van der Waals surface area contributed by atoms with E-state index in [9.17, 15) is 0 Å². The van der Waals surface area contributed by atoms with Crippen molar-refractivity contribution in [3.05, 3.63) is 190 Å². The maximum atomic E-state index is 2.65. The van der Waals surface area contributed by atoms with Crippen LogP contribution in [0.15, 0.2) is 146 Å². The lowest BCUT2D eigenvalue weighted by Gasteiger charge is -2.46. The van der Waals surface area contributed by atoms with Gasteiger partial charge in [-0.1, -0.05) is 194 Å². The molecule has 0 saturated carbocycles. The Kier molecular flexibility index (Phi) is 11.4. The fraction of sp³-hybridized carbons (Fsp3) is 0.259. The van der Waals surface area contributed by atoms with Crippen molar-refractivity contribution in [2.24, 2.45) is 0 Å². The zero-order valence-electron chi connectivity index (χ0n) is 33.7. The topological polar surface area (TPSA) is 3.24 Å². The average molecular weight is 720 g/mol. The molecule has 0 aliphatic heterocycles. The largest absolute Gasteiger partial charge is 0.331 e. The molecular formula is C54H57N. The van der Waals surface area contributed by atoms with E-state index in [0.29, 0.717) is 5.92 Å². The molecule has 278 valence electrons. The summed E-state index contributed by atoms with van der Waals surface area (Å²) in [5, 5.41) is 0. The van der Waals surface area contributed by atoms with Crippen LogP contribution in [0.3, 0.4) is 0 Å². The molecule has 1 heteroatoms. The quantitative estimate of drug-likeness (QED) is 0.101. The van der Waals surface area contributed by atoms with Crippen molar-refractivity contribution in [1.29, 1.82) is 0 Å². The third kappa shape index (κ3) is 7.63. The maximum Gasteiger partial charge on any atom is 0.0699 e. The van der Waals surface area contributed by atoms with Gasteiger partial charge in [-0.3, -0.25) is 0 Å². The van der Waals surface area contributed by atoms with Crippen LogP contribution in [-0.4, -0.2) is 0 Å². The Hall–Kier alpha value is -5.40. The number of nitrogens with zero attached hydrogens (tertiary/aromatic N) is 1. The average Bonchev–Trinajstić information content (AvgIpc) is 3.46. The van der Waals surface area contributed by atoms with E-state index in [1.165, 1.54) is 79.9 Å². The zero-order chi connectivity index (χ0) is 38.4. The number of fused-ring (bicyclic) bond motifs is 3. The van der Waals surface area contributed by atoms with Crippen molar-refractivity contribution in [2.45, 2.75) is 90.5 Å². The third-order valence-corrected chi connectivity index (χ3v) is 12.2. The highest BCUT2D eigenvalue weighted by atomic mass is 15.2. The smallest absolute Gasteiger partial charge is 0.0699 e. The van der Waals surface area contributed by atoms with Gasteiger partial charge in [-0.25, -0.2) is 0 Å². The molecule has 0 radical (unpaired) electrons. The Morgan fingerprint density at radius 3 is 1.44 bits per heavy atom. The standard InChI is InChI=1S/C54H57N/c1-7-37-54(10-4,46-30-36-50-49-35-29-45(44(8-2)9-3)38-51(49)53(5,6)52(50)39-46)55(47-31-25-42(26-32-47)23-21-40-17-13-11-14-18-40)48-33-27-43(28-34-48)24-22-41-19-15-12-16-20-41/h11-36,38-39,44H,7-10,37H2,1-6H3/b23-21+,24-22+. The Morgan fingerprint density at radius 2 is 0.982 bits per heavy atom. The Balaban J connectivity index is 1.32. The summed E-state index contributed by atoms with van der Waals surface area (Å²) in [6, 6.07) is 54.2. The highest BCUT2D eigenvalue weighted by molar-refractivity contribution is 5.82. The van der Waals surface area contributed by atoms with Gasteiger partial charge in [0.15, 0.2) is 0 Å². The number of hydrogen-bond acceptors (Lipinski definition) is 1. The summed E-state index contributed by atoms with van der Waals surface area (Å²) in [6.07, 6.45) is 14.2. The lowest BCUT2D eigenvalue weighted by Crippen LogP contribution is -2.43. The van der Waals surface area contributed by atoms with Crippen LogP contribution in [0.2, 0.25) is 0 Å². The fourth-order valence-corrected chi connectivity index (χ4v) is 9.02. The summed E-state index contributed by atoms with van der Waals surface area (Å²) in [4.78, 5) is 2.65. The van der Waals surface area contributed by atoms with Crippen molar-refractivity contribution in [3.8, 4) is 11.1 Å². The molecule has 1 aliphatic rings. The molecule has 6 aromatic rings. The van der Waals surface area contributed by atoms with Gasteiger partial charge in [-0.2, -0.15) is 0 Å². The lowest BCUT2D eigenvalue weighted by atomic mass is 9.76. The van der Waals surface area contributed by atoms with E-state index in [4.69, 9.17) is 0 Å². The zero-order valence-corrected chi connectivity index (χ0v) is 33.7. The predicted octanol–water partition coefficient (Wildman–Crippen LogP) is 15.5. The third-order valence-electron chi connectivity index (χ3n) is 12.2. The molecule has 1 nitrogen and oxygen atoms in total. The minimum atomic E-state index is -0.266. The van der Waals surface area contributed by atoms with Crippen molar-refractivity contribution in [2.75, 3.05) is 4.90 Å². The molecule has 0 bridgehead atoms. The van der Waals surface area contributed by atoms with Crippen LogP contribution in [0.5, 0.6) is 0 Å². The monoisotopic (exact) mass is 719 g/mol. The molecule has 0 amide bonds. The van der Waals surface area contributed by atoms with Crippen molar-refractivity contribution in [1.82, 2.24) is 0 Å². The number of benzene rings is 6. The van der Waals surface area contributed by atoms with E-state index >= 15 is 0 Å². The summed E-state index contributed by atoms with van der Waals surface area (Å²) in [5.74, 6) is 0.603. The van der Waals surface area contributed by atoms with Crippen molar-refractivity contribution >= 4 is 35.7 Å². The van der Waals surface area contributed by atoms with Gasteiger partial charge >= 0.3 is 0 Å². The van der Waals surface area contributed by atoms with Gasteiger partial charge in [-0.05, 0) is 112 Å². The molecular weight excluding hydrogens is 663 g/mol. The summed E-state index contributed by atoms with van der Waals surface area (Å²) in [7, 11) is 0. The van der Waals surface area contributed by atoms with E-state index in [0.717, 1.165) is 19.3 Å². The Labute approximate surface area is 331 Å². The van der Waals surface area contributed by atoms with E-state index < -0.39 is 0 Å². The molecule has 0 spiro atoms. The van der Waals surface area contributed by atoms with Gasteiger partial charge in [0.05, 0.1) is 5.54 Å². The summed E-state index contributed by atoms with van der Waals surface area (Å²) in [5.41, 5.74) is 15.4. The molecule has 7 rings (SSSR count). The first kappa shape index (κ1) is 37.9. The number of anilines is 2. The van der Waals surface area contributed by atoms with Crippen LogP contribution in [0.4, 0.5) is 11.4 Å². The second-order valence-electron chi connectivity index (χ2n) is 15.8. The molecule has 0 saturated heterocycles. The molecule has 0 heterocycles. The van der Waals surface area contributed by atoms with Crippen LogP contribution in [0, 0.1) is 0 Å². The Bertz CT molecular complexity index is 2140. The molecule has 0 N–H and O–H groups in total. The molecule has 1 atom stereocenters. The predicted molar refractivity (Wildman–Crippen MR) is 240 cm³/mol. The van der Waals surface area contributed by atoms with E-state index in [2.05, 4.69) is 216 Å². The normalized spacial score (nSPS) is 14.3. The van der Waals surface area contributed by atoms with Gasteiger partial charge < -0.3 is 4.90 Å². The van der Waals surface area contributed by atoms with Gasteiger partial charge in [0.25, 0.3) is 0 Å². The molecule has 0 fully saturated rings. The summed E-state index contributed by atoms with van der Waals surface area (Å²) in [6.45, 7) is 14.2. The molecule has 0 aromatic heterocycles. The van der Waals surface area contributed by atoms with Gasteiger partial charge in [0, 0.05) is 16.8 Å². The minimum absolute atomic E-state index is 0.0846. The lowest BCUT2D eigenvalue weighted by molar-refractivity contribution is 0.381. The Morgan fingerprint density at radius 1 is 0.527 bits per heavy atom. The molecule has 1 aliphatic carbocycles. The number of hydrogen-bond donors (Lipinski definition) is 0.